The van der Waals surface area contributed by atoms with Crippen molar-refractivity contribution in [3.63, 3.8) is 0 Å². The fourth-order valence-electron chi connectivity index (χ4n) is 4.42. The van der Waals surface area contributed by atoms with Gasteiger partial charge < -0.3 is 9.64 Å². The molecule has 0 spiro atoms. The summed E-state index contributed by atoms with van der Waals surface area (Å²) >= 11 is 0. The molecule has 2 fully saturated rings. The summed E-state index contributed by atoms with van der Waals surface area (Å²) in [5, 5.41) is 0. The van der Waals surface area contributed by atoms with Crippen LogP contribution in [0.3, 0.4) is 0 Å². The predicted molar refractivity (Wildman–Crippen MR) is 111 cm³/mol. The van der Waals surface area contributed by atoms with Gasteiger partial charge in [0, 0.05) is 12.6 Å². The highest BCUT2D eigenvalue weighted by molar-refractivity contribution is 5.27. The van der Waals surface area contributed by atoms with Crippen LogP contribution in [0.5, 0.6) is 5.75 Å². The van der Waals surface area contributed by atoms with E-state index in [4.69, 9.17) is 4.74 Å². The number of likely N-dealkylation sites (tertiary alicyclic amines) is 2. The monoisotopic (exact) mass is 364 g/mol. The van der Waals surface area contributed by atoms with Gasteiger partial charge in [-0.2, -0.15) is 0 Å². The van der Waals surface area contributed by atoms with Crippen molar-refractivity contribution in [1.29, 1.82) is 0 Å². The van der Waals surface area contributed by atoms with Crippen molar-refractivity contribution < 1.29 is 4.74 Å². The molecular formula is C24H32N2O. The maximum atomic E-state index is 5.90. The molecule has 0 radical (unpaired) electrons. The van der Waals surface area contributed by atoms with Crippen LogP contribution in [0.15, 0.2) is 54.6 Å². The minimum absolute atomic E-state index is 0.629. The van der Waals surface area contributed by atoms with Crippen LogP contribution in [-0.4, -0.2) is 42.0 Å². The number of benzene rings is 2. The molecule has 2 aromatic rings. The number of nitrogens with zero attached hydrogens (tertiary/aromatic N) is 2. The fourth-order valence-corrected chi connectivity index (χ4v) is 4.42. The van der Waals surface area contributed by atoms with Crippen molar-refractivity contribution >= 4 is 0 Å². The van der Waals surface area contributed by atoms with Gasteiger partial charge in [-0.05, 0) is 75.1 Å². The smallest absolute Gasteiger partial charge is 0.119 e. The lowest BCUT2D eigenvalue weighted by Gasteiger charge is -2.40. The summed E-state index contributed by atoms with van der Waals surface area (Å²) in [4.78, 5) is 5.36. The Labute approximate surface area is 163 Å². The van der Waals surface area contributed by atoms with E-state index in [-0.39, 0.29) is 0 Å². The lowest BCUT2D eigenvalue weighted by Crippen LogP contribution is -2.46. The maximum Gasteiger partial charge on any atom is 0.119 e. The van der Waals surface area contributed by atoms with Gasteiger partial charge in [-0.1, -0.05) is 48.9 Å². The molecule has 0 saturated carbocycles. The quantitative estimate of drug-likeness (QED) is 0.738. The van der Waals surface area contributed by atoms with Crippen molar-refractivity contribution in [1.82, 2.24) is 9.80 Å². The molecule has 2 saturated heterocycles. The maximum absolute atomic E-state index is 5.90. The molecule has 3 heteroatoms. The Balaban J connectivity index is 1.22. The molecule has 2 aliphatic rings. The van der Waals surface area contributed by atoms with Gasteiger partial charge >= 0.3 is 0 Å². The van der Waals surface area contributed by atoms with Crippen LogP contribution < -0.4 is 4.74 Å². The number of hydrogen-bond donors (Lipinski definition) is 0. The standard InChI is InChI=1S/C24H32N2O/c1-3-7-22(8-4-1)20-27-24-11-9-21(10-12-24)19-25-17-13-23(14-18-25)26-15-5-2-6-16-26/h1,3-4,7-12,23H,2,5-6,13-20H2. The van der Waals surface area contributed by atoms with Gasteiger partial charge in [0.1, 0.15) is 12.4 Å². The third-order valence-corrected chi connectivity index (χ3v) is 6.04. The van der Waals surface area contributed by atoms with Gasteiger partial charge in [0.15, 0.2) is 0 Å². The van der Waals surface area contributed by atoms with E-state index in [2.05, 4.69) is 58.3 Å². The molecule has 4 rings (SSSR count). The average molecular weight is 365 g/mol. The van der Waals surface area contributed by atoms with Gasteiger partial charge in [0.05, 0.1) is 0 Å². The lowest BCUT2D eigenvalue weighted by molar-refractivity contribution is 0.0896. The highest BCUT2D eigenvalue weighted by atomic mass is 16.5. The number of hydrogen-bond acceptors (Lipinski definition) is 3. The second-order valence-corrected chi connectivity index (χ2v) is 8.02. The molecular weight excluding hydrogens is 332 g/mol. The summed E-state index contributed by atoms with van der Waals surface area (Å²) < 4.78 is 5.90. The number of ether oxygens (including phenoxy) is 1. The Hall–Kier alpha value is -1.84. The van der Waals surface area contributed by atoms with Crippen LogP contribution in [0.2, 0.25) is 0 Å². The van der Waals surface area contributed by atoms with Crippen molar-refractivity contribution in [2.45, 2.75) is 51.3 Å². The van der Waals surface area contributed by atoms with Crippen molar-refractivity contribution in [3.05, 3.63) is 65.7 Å². The molecule has 2 aromatic carbocycles. The van der Waals surface area contributed by atoms with Crippen molar-refractivity contribution in [2.75, 3.05) is 26.2 Å². The third-order valence-electron chi connectivity index (χ3n) is 6.04. The molecule has 2 heterocycles. The summed E-state index contributed by atoms with van der Waals surface area (Å²) in [6.45, 7) is 6.81. The van der Waals surface area contributed by atoms with Crippen LogP contribution in [0.25, 0.3) is 0 Å². The SMILES string of the molecule is c1ccc(COc2ccc(CN3CCC(N4CCCCC4)CC3)cc2)cc1. The van der Waals surface area contributed by atoms with E-state index in [9.17, 15) is 0 Å². The zero-order valence-electron chi connectivity index (χ0n) is 16.4. The molecule has 144 valence electrons. The number of rotatable bonds is 6. The molecule has 3 nitrogen and oxygen atoms in total. The summed E-state index contributed by atoms with van der Waals surface area (Å²) in [6, 6.07) is 19.8. The second-order valence-electron chi connectivity index (χ2n) is 8.02. The minimum Gasteiger partial charge on any atom is -0.489 e. The second kappa shape index (κ2) is 9.38. The summed E-state index contributed by atoms with van der Waals surface area (Å²) in [7, 11) is 0. The molecule has 0 atom stereocenters. The van der Waals surface area contributed by atoms with Crippen molar-refractivity contribution in [3.8, 4) is 5.75 Å². The molecule has 0 aromatic heterocycles. The Kier molecular flexibility index (Phi) is 6.44. The molecule has 0 aliphatic carbocycles. The summed E-state index contributed by atoms with van der Waals surface area (Å²) in [5.74, 6) is 0.950. The van der Waals surface area contributed by atoms with Crippen LogP contribution in [0, 0.1) is 0 Å². The fraction of sp³-hybridized carbons (Fsp3) is 0.500. The van der Waals surface area contributed by atoms with Gasteiger partial charge in [-0.15, -0.1) is 0 Å². The van der Waals surface area contributed by atoms with Crippen LogP contribution in [0.4, 0.5) is 0 Å². The van der Waals surface area contributed by atoms with Gasteiger partial charge in [-0.3, -0.25) is 4.90 Å². The Morgan fingerprint density at radius 1 is 0.741 bits per heavy atom. The molecule has 2 aliphatic heterocycles. The highest BCUT2D eigenvalue weighted by Crippen LogP contribution is 2.22. The third kappa shape index (κ3) is 5.33. The van der Waals surface area contributed by atoms with E-state index < -0.39 is 0 Å². The summed E-state index contributed by atoms with van der Waals surface area (Å²) in [6.07, 6.45) is 6.90. The van der Waals surface area contributed by atoms with E-state index in [1.165, 1.54) is 69.4 Å². The van der Waals surface area contributed by atoms with E-state index in [0.717, 1.165) is 18.3 Å². The van der Waals surface area contributed by atoms with E-state index in [1.54, 1.807) is 0 Å². The predicted octanol–water partition coefficient (Wildman–Crippen LogP) is 4.72. The van der Waals surface area contributed by atoms with E-state index >= 15 is 0 Å². The molecule has 0 unspecified atom stereocenters. The Morgan fingerprint density at radius 3 is 2.15 bits per heavy atom. The molecule has 0 N–H and O–H groups in total. The topological polar surface area (TPSA) is 15.7 Å². The number of piperidine rings is 2. The van der Waals surface area contributed by atoms with Crippen LogP contribution in [-0.2, 0) is 13.2 Å². The minimum atomic E-state index is 0.629. The normalized spacial score (nSPS) is 19.9. The molecule has 0 bridgehead atoms. The van der Waals surface area contributed by atoms with Crippen molar-refractivity contribution in [2.24, 2.45) is 0 Å². The summed E-state index contributed by atoms with van der Waals surface area (Å²) in [5.41, 5.74) is 2.59. The lowest BCUT2D eigenvalue weighted by atomic mass is 9.99. The first-order valence-corrected chi connectivity index (χ1v) is 10.6. The average Bonchev–Trinajstić information content (AvgIpc) is 2.75. The Bertz CT molecular complexity index is 671. The molecule has 0 amide bonds. The van der Waals surface area contributed by atoms with Crippen LogP contribution in [0.1, 0.15) is 43.2 Å². The zero-order chi connectivity index (χ0) is 18.3. The largest absolute Gasteiger partial charge is 0.489 e. The first-order valence-electron chi connectivity index (χ1n) is 10.6. The molecule has 27 heavy (non-hydrogen) atoms. The van der Waals surface area contributed by atoms with Gasteiger partial charge in [-0.25, -0.2) is 0 Å². The van der Waals surface area contributed by atoms with Crippen LogP contribution >= 0.6 is 0 Å². The van der Waals surface area contributed by atoms with Gasteiger partial charge in [0.2, 0.25) is 0 Å². The van der Waals surface area contributed by atoms with E-state index in [1.807, 2.05) is 6.07 Å². The zero-order valence-corrected chi connectivity index (χ0v) is 16.4. The van der Waals surface area contributed by atoms with Gasteiger partial charge in [0.25, 0.3) is 0 Å². The Morgan fingerprint density at radius 2 is 1.44 bits per heavy atom. The highest BCUT2D eigenvalue weighted by Gasteiger charge is 2.25. The van der Waals surface area contributed by atoms with E-state index in [0.29, 0.717) is 6.61 Å². The first kappa shape index (κ1) is 18.5. The first-order chi connectivity index (χ1) is 13.4.